The molecule has 8 saturated carbocycles. The molecule has 0 nitrogen and oxygen atoms in total. The molecule has 0 N–H and O–H groups in total. The molecule has 0 heteroatoms. The van der Waals surface area contributed by atoms with Crippen LogP contribution < -0.4 is 0 Å². The van der Waals surface area contributed by atoms with Gasteiger partial charge in [0.05, 0.1) is 0 Å². The van der Waals surface area contributed by atoms with Gasteiger partial charge in [-0.3, -0.25) is 0 Å². The second kappa shape index (κ2) is 29.5. The van der Waals surface area contributed by atoms with Crippen molar-refractivity contribution in [1.82, 2.24) is 0 Å². The smallest absolute Gasteiger partial charge is 0.0132 e. The van der Waals surface area contributed by atoms with Crippen LogP contribution in [0.1, 0.15) is 324 Å². The number of fused-ring (bicyclic) bond motifs is 3. The molecule has 4 unspecified atom stereocenters. The van der Waals surface area contributed by atoms with Crippen LogP contribution in [0, 0.1) is 103 Å². The van der Waals surface area contributed by atoms with E-state index in [2.05, 4.69) is 221 Å². The normalized spacial score (nSPS) is 26.3. The van der Waals surface area contributed by atoms with Gasteiger partial charge in [0, 0.05) is 0 Å². The van der Waals surface area contributed by atoms with Crippen molar-refractivity contribution in [3.8, 4) is 0 Å². The van der Waals surface area contributed by atoms with Crippen LogP contribution in [0.15, 0.2) is 54.6 Å². The van der Waals surface area contributed by atoms with Crippen molar-refractivity contribution >= 4 is 0 Å². The number of hydrogen-bond donors (Lipinski definition) is 0. The van der Waals surface area contributed by atoms with Crippen LogP contribution in [0.2, 0.25) is 0 Å². The molecule has 0 bridgehead atoms. The molecule has 0 amide bonds. The monoisotopic (exact) mass is 1090 g/mol. The first-order valence-electron chi connectivity index (χ1n) is 34.4. The highest BCUT2D eigenvalue weighted by Crippen LogP contribution is 2.58. The Hall–Kier alpha value is -1.56. The summed E-state index contributed by atoms with van der Waals surface area (Å²) < 4.78 is 0. The van der Waals surface area contributed by atoms with E-state index in [9.17, 15) is 0 Å². The average molecular weight is 1090 g/mol. The summed E-state index contributed by atoms with van der Waals surface area (Å²) in [5.74, 6) is 11.5. The average Bonchev–Trinajstić information content (AvgIpc) is 3.82. The maximum Gasteiger partial charge on any atom is -0.0132 e. The molecule has 2 aromatic rings. The van der Waals surface area contributed by atoms with Gasteiger partial charge in [-0.1, -0.05) is 279 Å². The number of rotatable bonds is 0. The fraction of sp³-hybridized carbons (Fsp3) is 0.848. The summed E-state index contributed by atoms with van der Waals surface area (Å²) in [4.78, 5) is 0. The molecule has 0 aliphatic heterocycles. The molecule has 9 aliphatic carbocycles. The Bertz CT molecular complexity index is 1890. The minimum absolute atomic E-state index is 0.293. The van der Waals surface area contributed by atoms with Crippen molar-refractivity contribution in [3.63, 3.8) is 0 Å². The predicted molar refractivity (Wildman–Crippen MR) is 355 cm³/mol. The SMILES string of the molecule is CC(C)(C)C1CC1.CC(C)(C)C1CC2CC2C1.CC(C)(C)C1CC2CCCC2C1.CC(C)(C)C1CCC1.CC(C)(C)C1CCCC1.CC(C)(C)C1CCCCC1.CC(C)(C)C1Cc2ccccc2C1.CC(C)(C)c1ccccc1. The Balaban J connectivity index is 0.000000196. The molecule has 456 valence electrons. The van der Waals surface area contributed by atoms with Gasteiger partial charge in [0.15, 0.2) is 0 Å². The van der Waals surface area contributed by atoms with Gasteiger partial charge < -0.3 is 0 Å². The molecular weight excluding hydrogens is 949 g/mol. The maximum absolute atomic E-state index is 2.42. The molecule has 2 aromatic carbocycles. The van der Waals surface area contributed by atoms with Crippen LogP contribution in [-0.2, 0) is 18.3 Å². The summed E-state index contributed by atoms with van der Waals surface area (Å²) in [6, 6.07) is 19.4. The van der Waals surface area contributed by atoms with E-state index in [1.54, 1.807) is 17.5 Å². The van der Waals surface area contributed by atoms with Gasteiger partial charge >= 0.3 is 0 Å². The van der Waals surface area contributed by atoms with Crippen molar-refractivity contribution in [1.29, 1.82) is 0 Å². The summed E-state index contributed by atoms with van der Waals surface area (Å²) in [5, 5.41) is 0. The Morgan fingerprint density at radius 1 is 0.241 bits per heavy atom. The Morgan fingerprint density at radius 3 is 0.759 bits per heavy atom. The molecule has 0 spiro atoms. The summed E-state index contributed by atoms with van der Waals surface area (Å²) in [6.45, 7) is 56.4. The first-order chi connectivity index (χ1) is 36.2. The zero-order valence-corrected chi connectivity index (χ0v) is 58.0. The standard InChI is InChI=1S/C13H18.C12H22.C10H18.C10H20.C10H14.C9H18.C8H16.C7H14/c1-13(2,3)12-8-10-6-4-5-7-11(10)9-12;1-12(2,3)11-7-9-5-4-6-10(9)8-11;1-10(2,3)9-5-7-4-8(7)6-9;2*1-10(2,3)9-7-5-4-6-8-9;1-9(2,3)8-6-4-5-7-8;1-8(2,3)7-5-4-6-7;1-7(2,3)6-4-5-6/h4-7,12H,8-9H2,1-3H3;9-11H,4-8H2,1-3H3;7-9H,4-6H2,1-3H3;9H,4-8H2,1-3H3;4-8H,1-3H3;8H,4-7H2,1-3H3;7H,4-6H2,1-3H3;6H,4-5H2,1-3H3. The summed E-state index contributed by atoms with van der Waals surface area (Å²) >= 11 is 0. The third kappa shape index (κ3) is 25.3. The van der Waals surface area contributed by atoms with Gasteiger partial charge in [0.25, 0.3) is 0 Å². The first-order valence-corrected chi connectivity index (χ1v) is 34.4. The number of benzene rings is 2. The highest BCUT2D eigenvalue weighted by atomic mass is 14.5. The van der Waals surface area contributed by atoms with Crippen molar-refractivity contribution in [2.24, 2.45) is 103 Å². The highest BCUT2D eigenvalue weighted by molar-refractivity contribution is 5.32. The van der Waals surface area contributed by atoms with Gasteiger partial charge in [0.1, 0.15) is 0 Å². The Labute approximate surface area is 497 Å². The molecule has 9 aliphatic rings. The lowest BCUT2D eigenvalue weighted by Gasteiger charge is -2.37. The van der Waals surface area contributed by atoms with E-state index in [0.29, 0.717) is 43.3 Å². The number of hydrogen-bond acceptors (Lipinski definition) is 0. The third-order valence-electron chi connectivity index (χ3n) is 22.1. The molecule has 0 saturated heterocycles. The third-order valence-corrected chi connectivity index (χ3v) is 22.1. The fourth-order valence-electron chi connectivity index (χ4n) is 14.8. The van der Waals surface area contributed by atoms with E-state index in [4.69, 9.17) is 0 Å². The molecule has 4 atom stereocenters. The lowest BCUT2D eigenvalue weighted by Crippen LogP contribution is -2.26. The highest BCUT2D eigenvalue weighted by Gasteiger charge is 2.49. The molecule has 11 rings (SSSR count). The minimum Gasteiger partial charge on any atom is -0.0622 e. The molecule has 0 radical (unpaired) electrons. The van der Waals surface area contributed by atoms with Gasteiger partial charge in [-0.2, -0.15) is 0 Å². The topological polar surface area (TPSA) is 0 Å². The van der Waals surface area contributed by atoms with E-state index in [-0.39, 0.29) is 0 Å². The summed E-state index contributed by atoms with van der Waals surface area (Å²) in [5.41, 5.74) is 8.81. The lowest BCUT2D eigenvalue weighted by molar-refractivity contribution is 0.141. The summed E-state index contributed by atoms with van der Waals surface area (Å²) in [6.07, 6.45) is 35.5. The maximum atomic E-state index is 2.42. The summed E-state index contributed by atoms with van der Waals surface area (Å²) in [7, 11) is 0. The van der Waals surface area contributed by atoms with Crippen LogP contribution in [0.5, 0.6) is 0 Å². The molecule has 8 fully saturated rings. The van der Waals surface area contributed by atoms with E-state index in [0.717, 1.165) is 65.1 Å². The van der Waals surface area contributed by atoms with E-state index in [1.807, 2.05) is 0 Å². The largest absolute Gasteiger partial charge is 0.0622 e. The van der Waals surface area contributed by atoms with E-state index in [1.165, 1.54) is 153 Å². The minimum atomic E-state index is 0.293. The molecule has 0 aromatic heterocycles. The van der Waals surface area contributed by atoms with Crippen molar-refractivity contribution in [2.45, 2.75) is 326 Å². The second-order valence-corrected chi connectivity index (χ2v) is 36.8. The second-order valence-electron chi connectivity index (χ2n) is 36.8. The van der Waals surface area contributed by atoms with Gasteiger partial charge in [0.2, 0.25) is 0 Å². The lowest BCUT2D eigenvalue weighted by atomic mass is 9.69. The quantitative estimate of drug-likeness (QED) is 0.247. The van der Waals surface area contributed by atoms with Crippen LogP contribution in [-0.4, -0.2) is 0 Å². The van der Waals surface area contributed by atoms with Crippen molar-refractivity contribution in [2.75, 3.05) is 0 Å². The molecular formula is C79H140. The van der Waals surface area contributed by atoms with Gasteiger partial charge in [-0.05, 0) is 221 Å². The first kappa shape index (κ1) is 69.9. The van der Waals surface area contributed by atoms with Gasteiger partial charge in [-0.25, -0.2) is 0 Å². The van der Waals surface area contributed by atoms with Crippen LogP contribution in [0.4, 0.5) is 0 Å². The fourth-order valence-corrected chi connectivity index (χ4v) is 14.8. The molecule has 79 heavy (non-hydrogen) atoms. The van der Waals surface area contributed by atoms with Crippen molar-refractivity contribution in [3.05, 3.63) is 71.3 Å². The van der Waals surface area contributed by atoms with Crippen LogP contribution in [0.3, 0.4) is 0 Å². The predicted octanol–water partition coefficient (Wildman–Crippen LogP) is 25.5. The Kier molecular flexibility index (Phi) is 26.1. The zero-order chi connectivity index (χ0) is 59.4. The van der Waals surface area contributed by atoms with Gasteiger partial charge in [-0.15, -0.1) is 0 Å². The zero-order valence-electron chi connectivity index (χ0n) is 58.0. The van der Waals surface area contributed by atoms with E-state index < -0.39 is 0 Å². The van der Waals surface area contributed by atoms with E-state index >= 15 is 0 Å². The molecule has 0 heterocycles. The van der Waals surface area contributed by atoms with Crippen LogP contribution in [0.25, 0.3) is 0 Å². The van der Waals surface area contributed by atoms with Crippen LogP contribution >= 0.6 is 0 Å². The Morgan fingerprint density at radius 2 is 0.519 bits per heavy atom. The van der Waals surface area contributed by atoms with Crippen molar-refractivity contribution < 1.29 is 0 Å².